The molecule has 0 saturated heterocycles. The van der Waals surface area contributed by atoms with Crippen molar-refractivity contribution in [2.45, 2.75) is 46.6 Å². The van der Waals surface area contributed by atoms with Crippen molar-refractivity contribution < 1.29 is 23.8 Å². The minimum Gasteiger partial charge on any atom is -0.496 e. The van der Waals surface area contributed by atoms with E-state index in [1.165, 1.54) is 0 Å². The molecule has 0 spiro atoms. The molecule has 1 N–H and O–H groups in total. The van der Waals surface area contributed by atoms with Crippen LogP contribution < -0.4 is 10.1 Å². The fourth-order valence-corrected chi connectivity index (χ4v) is 2.41. The molecule has 0 aliphatic carbocycles. The van der Waals surface area contributed by atoms with Gasteiger partial charge < -0.3 is 19.5 Å². The van der Waals surface area contributed by atoms with Gasteiger partial charge in [-0.15, -0.1) is 0 Å². The Morgan fingerprint density at radius 3 is 2.26 bits per heavy atom. The number of hydrogen-bond acceptors (Lipinski definition) is 6. The molecule has 27 heavy (non-hydrogen) atoms. The van der Waals surface area contributed by atoms with Crippen LogP contribution in [-0.2, 0) is 25.5 Å². The third kappa shape index (κ3) is 10.7. The Kier molecular flexibility index (Phi) is 14.1. The first-order valence-corrected chi connectivity index (χ1v) is 9.41. The molecule has 6 heteroatoms. The highest BCUT2D eigenvalue weighted by Gasteiger charge is 2.26. The summed E-state index contributed by atoms with van der Waals surface area (Å²) >= 11 is 0. The molecule has 0 bridgehead atoms. The van der Waals surface area contributed by atoms with Gasteiger partial charge in [-0.3, -0.25) is 9.59 Å². The Hall–Kier alpha value is -1.92. The number of nitrogens with one attached hydrogen (secondary N) is 1. The van der Waals surface area contributed by atoms with E-state index >= 15 is 0 Å². The fraction of sp³-hybridized carbons (Fsp3) is 0.619. The van der Waals surface area contributed by atoms with Gasteiger partial charge in [0.05, 0.1) is 19.6 Å². The molecule has 0 aliphatic heterocycles. The molecule has 0 heterocycles. The lowest BCUT2D eigenvalue weighted by molar-refractivity contribution is -0.148. The smallest absolute Gasteiger partial charge is 0.310 e. The van der Waals surface area contributed by atoms with Gasteiger partial charge in [0.1, 0.15) is 11.5 Å². The first kappa shape index (κ1) is 25.1. The summed E-state index contributed by atoms with van der Waals surface area (Å²) in [6.07, 6.45) is 1.07. The minimum absolute atomic E-state index is 0.121. The molecule has 2 atom stereocenters. The zero-order valence-corrected chi connectivity index (χ0v) is 17.5. The number of carbonyl (C=O) groups excluding carboxylic acids is 2. The van der Waals surface area contributed by atoms with Crippen LogP contribution in [0.15, 0.2) is 24.3 Å². The second-order valence-electron chi connectivity index (χ2n) is 6.15. The maximum absolute atomic E-state index is 12.1. The maximum atomic E-state index is 12.1. The molecule has 0 saturated carbocycles. The van der Waals surface area contributed by atoms with Gasteiger partial charge in [0.15, 0.2) is 0 Å². The molecule has 0 amide bonds. The predicted molar refractivity (Wildman–Crippen MR) is 107 cm³/mol. The quantitative estimate of drug-likeness (QED) is 0.594. The molecule has 154 valence electrons. The van der Waals surface area contributed by atoms with Gasteiger partial charge in [0, 0.05) is 32.7 Å². The number of methoxy groups -OCH3 is 2. The Bertz CT molecular complexity index is 545. The van der Waals surface area contributed by atoms with Crippen molar-refractivity contribution in [2.75, 3.05) is 34.0 Å². The Morgan fingerprint density at radius 2 is 1.74 bits per heavy atom. The van der Waals surface area contributed by atoms with Crippen LogP contribution in [0.3, 0.4) is 0 Å². The summed E-state index contributed by atoms with van der Waals surface area (Å²) in [5.41, 5.74) is 1.02. The monoisotopic (exact) mass is 381 g/mol. The number of rotatable bonds is 11. The van der Waals surface area contributed by atoms with E-state index < -0.39 is 0 Å². The number of para-hydroxylation sites is 1. The molecular weight excluding hydrogens is 346 g/mol. The van der Waals surface area contributed by atoms with Crippen LogP contribution in [0, 0.1) is 5.92 Å². The summed E-state index contributed by atoms with van der Waals surface area (Å²) in [5.74, 6) is 0.369. The number of ketones is 1. The Morgan fingerprint density at radius 1 is 1.11 bits per heavy atom. The lowest BCUT2D eigenvalue weighted by Gasteiger charge is -2.24. The van der Waals surface area contributed by atoms with Crippen molar-refractivity contribution in [2.24, 2.45) is 5.92 Å². The number of esters is 1. The predicted octanol–water partition coefficient (Wildman–Crippen LogP) is 3.03. The van der Waals surface area contributed by atoms with Crippen LogP contribution in [0.5, 0.6) is 5.75 Å². The average Bonchev–Trinajstić information content (AvgIpc) is 2.67. The van der Waals surface area contributed by atoms with E-state index in [-0.39, 0.29) is 23.7 Å². The van der Waals surface area contributed by atoms with Crippen molar-refractivity contribution in [3.63, 3.8) is 0 Å². The first-order chi connectivity index (χ1) is 12.9. The van der Waals surface area contributed by atoms with Gasteiger partial charge in [-0.1, -0.05) is 25.1 Å². The van der Waals surface area contributed by atoms with E-state index in [0.717, 1.165) is 17.9 Å². The van der Waals surface area contributed by atoms with Crippen molar-refractivity contribution >= 4 is 11.8 Å². The normalized spacial score (nSPS) is 12.4. The van der Waals surface area contributed by atoms with Gasteiger partial charge in [0.2, 0.25) is 0 Å². The third-order valence-electron chi connectivity index (χ3n) is 4.07. The third-order valence-corrected chi connectivity index (χ3v) is 4.07. The van der Waals surface area contributed by atoms with Gasteiger partial charge in [-0.25, -0.2) is 0 Å². The maximum Gasteiger partial charge on any atom is 0.310 e. The summed E-state index contributed by atoms with van der Waals surface area (Å²) < 4.78 is 15.0. The van der Waals surface area contributed by atoms with Crippen LogP contribution in [0.25, 0.3) is 0 Å². The SMILES string of the molecule is CCOC.CCOC(=O)C(C)C(Cc1ccccc1OC)NCCC(C)=O. The van der Waals surface area contributed by atoms with Gasteiger partial charge in [-0.2, -0.15) is 0 Å². The van der Waals surface area contributed by atoms with E-state index in [1.54, 1.807) is 28.1 Å². The van der Waals surface area contributed by atoms with Crippen molar-refractivity contribution in [1.82, 2.24) is 5.32 Å². The lowest BCUT2D eigenvalue weighted by Crippen LogP contribution is -2.42. The van der Waals surface area contributed by atoms with Crippen molar-refractivity contribution in [3.05, 3.63) is 29.8 Å². The Balaban J connectivity index is 0.00000153. The molecule has 1 aromatic carbocycles. The summed E-state index contributed by atoms with van der Waals surface area (Å²) in [5, 5.41) is 3.31. The van der Waals surface area contributed by atoms with Crippen LogP contribution >= 0.6 is 0 Å². The zero-order valence-electron chi connectivity index (χ0n) is 17.5. The fourth-order valence-electron chi connectivity index (χ4n) is 2.41. The van der Waals surface area contributed by atoms with Crippen molar-refractivity contribution in [1.29, 1.82) is 0 Å². The van der Waals surface area contributed by atoms with Crippen molar-refractivity contribution in [3.8, 4) is 5.75 Å². The molecular formula is C21H35NO5. The van der Waals surface area contributed by atoms with E-state index in [1.807, 2.05) is 38.1 Å². The summed E-state index contributed by atoms with van der Waals surface area (Å²) in [4.78, 5) is 23.2. The van der Waals surface area contributed by atoms with Crippen LogP contribution in [0.4, 0.5) is 0 Å². The molecule has 2 unspecified atom stereocenters. The number of benzene rings is 1. The molecule has 0 fully saturated rings. The summed E-state index contributed by atoms with van der Waals surface area (Å²) in [6.45, 7) is 8.88. The number of carbonyl (C=O) groups is 2. The van der Waals surface area contributed by atoms with Gasteiger partial charge in [0.25, 0.3) is 0 Å². The van der Waals surface area contributed by atoms with E-state index in [2.05, 4.69) is 10.1 Å². The molecule has 0 radical (unpaired) electrons. The highest BCUT2D eigenvalue weighted by Crippen LogP contribution is 2.21. The highest BCUT2D eigenvalue weighted by molar-refractivity contribution is 5.75. The second kappa shape index (κ2) is 15.2. The molecule has 6 nitrogen and oxygen atoms in total. The van der Waals surface area contributed by atoms with E-state index in [9.17, 15) is 9.59 Å². The molecule has 0 aliphatic rings. The van der Waals surface area contributed by atoms with Crippen LogP contribution in [0.2, 0.25) is 0 Å². The topological polar surface area (TPSA) is 73.9 Å². The number of hydrogen-bond donors (Lipinski definition) is 1. The molecule has 1 aromatic rings. The van der Waals surface area contributed by atoms with Gasteiger partial charge in [-0.05, 0) is 38.8 Å². The first-order valence-electron chi connectivity index (χ1n) is 9.41. The Labute approximate surface area is 163 Å². The van der Waals surface area contributed by atoms with Crippen LogP contribution in [0.1, 0.15) is 39.7 Å². The van der Waals surface area contributed by atoms with Crippen LogP contribution in [-0.4, -0.2) is 51.8 Å². The minimum atomic E-state index is -0.313. The number of Topliss-reactive ketones (excluding diaryl/α,β-unsaturated/α-hetero) is 1. The zero-order chi connectivity index (χ0) is 20.7. The van der Waals surface area contributed by atoms with E-state index in [0.29, 0.717) is 26.0 Å². The highest BCUT2D eigenvalue weighted by atomic mass is 16.5. The summed E-state index contributed by atoms with van der Waals surface area (Å²) in [7, 11) is 3.31. The molecule has 1 rings (SSSR count). The number of ether oxygens (including phenoxy) is 3. The standard InChI is InChI=1S/C18H27NO4.C3H8O/c1-5-23-18(21)14(3)16(19-11-10-13(2)20)12-15-8-6-7-9-17(15)22-4;1-3-4-2/h6-9,14,16,19H,5,10-12H2,1-4H3;3H2,1-2H3. The molecule has 0 aromatic heterocycles. The van der Waals surface area contributed by atoms with Gasteiger partial charge >= 0.3 is 5.97 Å². The summed E-state index contributed by atoms with van der Waals surface area (Å²) in [6, 6.07) is 7.62. The van der Waals surface area contributed by atoms with E-state index in [4.69, 9.17) is 9.47 Å². The second-order valence-corrected chi connectivity index (χ2v) is 6.15. The lowest BCUT2D eigenvalue weighted by atomic mass is 9.94. The average molecular weight is 382 g/mol. The largest absolute Gasteiger partial charge is 0.496 e.